The first kappa shape index (κ1) is 18.9. The number of hydrogen-bond acceptors (Lipinski definition) is 3. The topological polar surface area (TPSA) is 66.8 Å². The van der Waals surface area contributed by atoms with Gasteiger partial charge in [0.15, 0.2) is 0 Å². The Labute approximate surface area is 155 Å². The summed E-state index contributed by atoms with van der Waals surface area (Å²) in [5, 5.41) is 9.07. The normalized spacial score (nSPS) is 26.0. The van der Waals surface area contributed by atoms with Crippen molar-refractivity contribution in [3.8, 4) is 0 Å². The van der Waals surface area contributed by atoms with E-state index in [0.29, 0.717) is 32.2 Å². The fraction of sp³-hybridized carbons (Fsp3) is 0.619. The SMILES string of the molecule is O=C(O)C1CCC(C(=O)N2CCC(OCCCc3ccccc3)C2)CC1. The molecule has 1 saturated heterocycles. The quantitative estimate of drug-likeness (QED) is 0.760. The lowest BCUT2D eigenvalue weighted by Gasteiger charge is -2.28. The predicted molar refractivity (Wildman–Crippen MR) is 98.8 cm³/mol. The third kappa shape index (κ3) is 5.07. The molecule has 5 nitrogen and oxygen atoms in total. The molecule has 1 aromatic carbocycles. The number of ether oxygens (including phenoxy) is 1. The number of carboxylic acid groups (broad SMARTS) is 1. The summed E-state index contributed by atoms with van der Waals surface area (Å²) in [6.45, 7) is 2.18. The second-order valence-electron chi connectivity index (χ2n) is 7.54. The molecule has 0 aromatic heterocycles. The molecule has 2 fully saturated rings. The van der Waals surface area contributed by atoms with Gasteiger partial charge in [-0.1, -0.05) is 30.3 Å². The van der Waals surface area contributed by atoms with Crippen LogP contribution in [-0.2, 0) is 20.7 Å². The standard InChI is InChI=1S/C21H29NO4/c23-20(17-8-10-18(11-9-17)21(24)25)22-13-12-19(15-22)26-14-4-7-16-5-2-1-3-6-16/h1-3,5-6,17-19H,4,7-15H2,(H,24,25). The van der Waals surface area contributed by atoms with E-state index in [2.05, 4.69) is 24.3 Å². The molecule has 3 rings (SSSR count). The fourth-order valence-corrected chi connectivity index (χ4v) is 4.08. The summed E-state index contributed by atoms with van der Waals surface area (Å²) in [7, 11) is 0. The Morgan fingerprint density at radius 1 is 1.04 bits per heavy atom. The van der Waals surface area contributed by atoms with E-state index < -0.39 is 5.97 Å². The van der Waals surface area contributed by atoms with Gasteiger partial charge in [0.2, 0.25) is 5.91 Å². The zero-order valence-electron chi connectivity index (χ0n) is 15.3. The number of rotatable bonds is 7. The van der Waals surface area contributed by atoms with Crippen molar-refractivity contribution >= 4 is 11.9 Å². The number of carboxylic acids is 1. The van der Waals surface area contributed by atoms with E-state index >= 15 is 0 Å². The molecule has 1 aliphatic heterocycles. The largest absolute Gasteiger partial charge is 0.481 e. The van der Waals surface area contributed by atoms with Gasteiger partial charge < -0.3 is 14.7 Å². The highest BCUT2D eigenvalue weighted by Crippen LogP contribution is 2.31. The molecule has 5 heteroatoms. The Hall–Kier alpha value is -1.88. The van der Waals surface area contributed by atoms with Crippen molar-refractivity contribution in [3.63, 3.8) is 0 Å². The summed E-state index contributed by atoms with van der Waals surface area (Å²) >= 11 is 0. The highest BCUT2D eigenvalue weighted by molar-refractivity contribution is 5.79. The maximum Gasteiger partial charge on any atom is 0.306 e. The van der Waals surface area contributed by atoms with Crippen LogP contribution in [0.1, 0.15) is 44.1 Å². The number of aryl methyl sites for hydroxylation is 1. The molecule has 0 bridgehead atoms. The number of hydrogen-bond donors (Lipinski definition) is 1. The first-order valence-corrected chi connectivity index (χ1v) is 9.80. The van der Waals surface area contributed by atoms with Crippen LogP contribution in [0, 0.1) is 11.8 Å². The van der Waals surface area contributed by atoms with Crippen molar-refractivity contribution in [1.82, 2.24) is 4.90 Å². The van der Waals surface area contributed by atoms with Gasteiger partial charge in [-0.05, 0) is 50.5 Å². The molecule has 1 amide bonds. The van der Waals surface area contributed by atoms with E-state index in [9.17, 15) is 9.59 Å². The zero-order chi connectivity index (χ0) is 18.4. The van der Waals surface area contributed by atoms with Crippen molar-refractivity contribution in [2.24, 2.45) is 11.8 Å². The molecular weight excluding hydrogens is 330 g/mol. The Kier molecular flexibility index (Phi) is 6.67. The molecule has 1 unspecified atom stereocenters. The molecule has 0 spiro atoms. The molecule has 1 aromatic rings. The maximum atomic E-state index is 12.7. The number of nitrogens with zero attached hydrogens (tertiary/aromatic N) is 1. The number of aliphatic carboxylic acids is 1. The minimum absolute atomic E-state index is 0.00225. The number of amides is 1. The number of carbonyl (C=O) groups is 2. The molecule has 1 N–H and O–H groups in total. The Balaban J connectivity index is 1.34. The average molecular weight is 359 g/mol. The number of carbonyl (C=O) groups excluding carboxylic acids is 1. The summed E-state index contributed by atoms with van der Waals surface area (Å²) in [6, 6.07) is 10.4. The van der Waals surface area contributed by atoms with E-state index in [0.717, 1.165) is 32.4 Å². The van der Waals surface area contributed by atoms with Crippen LogP contribution in [0.3, 0.4) is 0 Å². The van der Waals surface area contributed by atoms with Crippen LogP contribution in [0.4, 0.5) is 0 Å². The van der Waals surface area contributed by atoms with Gasteiger partial charge in [0.1, 0.15) is 0 Å². The van der Waals surface area contributed by atoms with Crippen LogP contribution < -0.4 is 0 Å². The summed E-state index contributed by atoms with van der Waals surface area (Å²) in [6.07, 6.45) is 5.71. The zero-order valence-corrected chi connectivity index (χ0v) is 15.3. The summed E-state index contributed by atoms with van der Waals surface area (Å²) < 4.78 is 5.97. The van der Waals surface area contributed by atoms with Crippen LogP contribution >= 0.6 is 0 Å². The van der Waals surface area contributed by atoms with Gasteiger partial charge in [-0.15, -0.1) is 0 Å². The van der Waals surface area contributed by atoms with E-state index in [4.69, 9.17) is 9.84 Å². The van der Waals surface area contributed by atoms with Crippen LogP contribution in [-0.4, -0.2) is 47.7 Å². The van der Waals surface area contributed by atoms with E-state index in [1.165, 1.54) is 5.56 Å². The van der Waals surface area contributed by atoms with Crippen molar-refractivity contribution < 1.29 is 19.4 Å². The smallest absolute Gasteiger partial charge is 0.306 e. The van der Waals surface area contributed by atoms with E-state index in [1.54, 1.807) is 0 Å². The van der Waals surface area contributed by atoms with Crippen LogP contribution in [0.2, 0.25) is 0 Å². The molecule has 1 heterocycles. The third-order valence-corrected chi connectivity index (χ3v) is 5.69. The Morgan fingerprint density at radius 2 is 1.73 bits per heavy atom. The van der Waals surface area contributed by atoms with Crippen molar-refractivity contribution in [3.05, 3.63) is 35.9 Å². The Morgan fingerprint density at radius 3 is 2.42 bits per heavy atom. The lowest BCUT2D eigenvalue weighted by Crippen LogP contribution is -2.37. The molecule has 1 aliphatic carbocycles. The molecule has 2 aliphatic rings. The van der Waals surface area contributed by atoms with Crippen LogP contribution in [0.5, 0.6) is 0 Å². The van der Waals surface area contributed by atoms with Gasteiger partial charge in [0, 0.05) is 25.6 Å². The second-order valence-corrected chi connectivity index (χ2v) is 7.54. The molecule has 26 heavy (non-hydrogen) atoms. The van der Waals surface area contributed by atoms with Crippen LogP contribution in [0.15, 0.2) is 30.3 Å². The van der Waals surface area contributed by atoms with Gasteiger partial charge in [-0.3, -0.25) is 9.59 Å². The average Bonchev–Trinajstić information content (AvgIpc) is 3.14. The van der Waals surface area contributed by atoms with Gasteiger partial charge in [-0.2, -0.15) is 0 Å². The number of benzene rings is 1. The minimum atomic E-state index is -0.721. The first-order valence-electron chi connectivity index (χ1n) is 9.80. The molecule has 1 atom stereocenters. The van der Waals surface area contributed by atoms with Gasteiger partial charge in [0.25, 0.3) is 0 Å². The first-order chi connectivity index (χ1) is 12.6. The van der Waals surface area contributed by atoms with Gasteiger partial charge in [0.05, 0.1) is 12.0 Å². The third-order valence-electron chi connectivity index (χ3n) is 5.69. The molecular formula is C21H29NO4. The lowest BCUT2D eigenvalue weighted by molar-refractivity contribution is -0.145. The highest BCUT2D eigenvalue weighted by atomic mass is 16.5. The van der Waals surface area contributed by atoms with E-state index in [1.807, 2.05) is 11.0 Å². The van der Waals surface area contributed by atoms with Crippen molar-refractivity contribution in [2.75, 3.05) is 19.7 Å². The van der Waals surface area contributed by atoms with Crippen LogP contribution in [0.25, 0.3) is 0 Å². The lowest BCUT2D eigenvalue weighted by atomic mass is 9.81. The maximum absolute atomic E-state index is 12.7. The van der Waals surface area contributed by atoms with Crippen molar-refractivity contribution in [1.29, 1.82) is 0 Å². The molecule has 0 radical (unpaired) electrons. The summed E-state index contributed by atoms with van der Waals surface area (Å²) in [5.74, 6) is -0.786. The summed E-state index contributed by atoms with van der Waals surface area (Å²) in [5.41, 5.74) is 1.33. The van der Waals surface area contributed by atoms with Gasteiger partial charge in [-0.25, -0.2) is 0 Å². The Bertz CT molecular complexity index is 595. The number of likely N-dealkylation sites (tertiary alicyclic amines) is 1. The minimum Gasteiger partial charge on any atom is -0.481 e. The van der Waals surface area contributed by atoms with Crippen molar-refractivity contribution in [2.45, 2.75) is 51.0 Å². The van der Waals surface area contributed by atoms with Gasteiger partial charge >= 0.3 is 5.97 Å². The fourth-order valence-electron chi connectivity index (χ4n) is 4.08. The van der Waals surface area contributed by atoms with E-state index in [-0.39, 0.29) is 23.8 Å². The molecule has 1 saturated carbocycles. The second kappa shape index (κ2) is 9.17. The monoisotopic (exact) mass is 359 g/mol. The summed E-state index contributed by atoms with van der Waals surface area (Å²) in [4.78, 5) is 25.6. The molecule has 142 valence electrons. The predicted octanol–water partition coefficient (Wildman–Crippen LogP) is 3.13. The highest BCUT2D eigenvalue weighted by Gasteiger charge is 2.35.